The van der Waals surface area contributed by atoms with Crippen molar-refractivity contribution in [2.75, 3.05) is 46.4 Å². The van der Waals surface area contributed by atoms with E-state index in [0.717, 1.165) is 77.4 Å². The van der Waals surface area contributed by atoms with Gasteiger partial charge in [-0.1, -0.05) is 18.2 Å². The van der Waals surface area contributed by atoms with Crippen LogP contribution in [0, 0.1) is 0 Å². The highest BCUT2D eigenvalue weighted by atomic mass is 16.5. The molecule has 4 aromatic heterocycles. The maximum Gasteiger partial charge on any atom is 0.162 e. The van der Waals surface area contributed by atoms with Gasteiger partial charge in [-0.05, 0) is 36.9 Å². The van der Waals surface area contributed by atoms with Crippen molar-refractivity contribution < 1.29 is 6.11 Å². The number of piperazine rings is 1. The summed E-state index contributed by atoms with van der Waals surface area (Å²) in [5.74, 6) is 0.767. The molecule has 1 aromatic carbocycles. The molecule has 6 rings (SSSR count). The number of hydrogen-bond donors (Lipinski definition) is 0. The number of likely N-dealkylation sites (N-methyl/N-ethyl adjacent to an activating group) is 1. The number of pyridine rings is 2. The zero-order valence-corrected chi connectivity index (χ0v) is 19.6. The first-order valence-electron chi connectivity index (χ1n) is 12.3. The molecule has 0 amide bonds. The van der Waals surface area contributed by atoms with Crippen LogP contribution in [0.4, 0.5) is 0 Å². The number of ether oxygens (including phenoxy) is 1. The summed E-state index contributed by atoms with van der Waals surface area (Å²) in [5.41, 5.74) is 5.14. The zero-order valence-electron chi connectivity index (χ0n) is 20.6. The molecule has 0 bridgehead atoms. The second-order valence-electron chi connectivity index (χ2n) is 8.85. The van der Waals surface area contributed by atoms with Gasteiger partial charge in [0.1, 0.15) is 12.4 Å². The van der Waals surface area contributed by atoms with Crippen LogP contribution in [0.15, 0.2) is 73.4 Å². The van der Waals surface area contributed by atoms with Crippen molar-refractivity contribution in [1.82, 2.24) is 34.4 Å². The predicted molar refractivity (Wildman–Crippen MR) is 136 cm³/mol. The predicted octanol–water partition coefficient (Wildman–Crippen LogP) is 3.63. The van der Waals surface area contributed by atoms with Gasteiger partial charge in [-0.15, -0.1) is 0 Å². The largest absolute Gasteiger partial charge is 0.491 e. The normalized spacial score (nSPS) is 15.5. The Morgan fingerprint density at radius 3 is 2.69 bits per heavy atom. The van der Waals surface area contributed by atoms with Gasteiger partial charge in [0.05, 0.1) is 25.0 Å². The fraction of sp³-hybridized carbons (Fsp3) is 0.259. The van der Waals surface area contributed by atoms with Crippen LogP contribution in [0.25, 0.3) is 38.9 Å². The fourth-order valence-corrected chi connectivity index (χ4v) is 4.49. The Morgan fingerprint density at radius 1 is 0.914 bits per heavy atom. The first-order valence-corrected chi connectivity index (χ1v) is 11.8. The Kier molecular flexibility index (Phi) is 5.50. The Balaban J connectivity index is 1.18. The molecule has 1 fully saturated rings. The summed E-state index contributed by atoms with van der Waals surface area (Å²) in [6, 6.07) is 13.4. The van der Waals surface area contributed by atoms with Gasteiger partial charge in [-0.25, -0.2) is 9.50 Å². The highest BCUT2D eigenvalue weighted by Crippen LogP contribution is 2.30. The standard InChI is InChI=1S/C27H27N7O/c1-32-10-12-33(13-11-32)14-15-35-21-7-8-25(29-17-21)20-16-30-27-24(18-31-34(27)19-20)22-4-2-6-26-23(22)5-3-9-28-26/h2-9,16-19H,10-15H2,1H3/i9D. The lowest BCUT2D eigenvalue weighted by Crippen LogP contribution is -2.45. The molecule has 1 aliphatic heterocycles. The number of nitrogens with zero attached hydrogens (tertiary/aromatic N) is 7. The van der Waals surface area contributed by atoms with Gasteiger partial charge in [-0.2, -0.15) is 5.10 Å². The molecule has 5 heterocycles. The monoisotopic (exact) mass is 466 g/mol. The maximum absolute atomic E-state index is 7.80. The Hall–Kier alpha value is -3.88. The van der Waals surface area contributed by atoms with Gasteiger partial charge in [0.15, 0.2) is 5.65 Å². The lowest BCUT2D eigenvalue weighted by molar-refractivity contribution is 0.133. The number of rotatable bonds is 6. The van der Waals surface area contributed by atoms with Crippen molar-refractivity contribution in [3.8, 4) is 28.1 Å². The minimum atomic E-state index is 0.251. The molecule has 0 atom stereocenters. The van der Waals surface area contributed by atoms with Gasteiger partial charge in [-0.3, -0.25) is 14.9 Å². The molecule has 35 heavy (non-hydrogen) atoms. The van der Waals surface area contributed by atoms with Crippen LogP contribution in [0.5, 0.6) is 5.75 Å². The average Bonchev–Trinajstić information content (AvgIpc) is 3.33. The summed E-state index contributed by atoms with van der Waals surface area (Å²) >= 11 is 0. The third-order valence-electron chi connectivity index (χ3n) is 6.54. The van der Waals surface area contributed by atoms with Crippen LogP contribution < -0.4 is 4.74 Å². The fourth-order valence-electron chi connectivity index (χ4n) is 4.49. The summed E-state index contributed by atoms with van der Waals surface area (Å²) in [5, 5.41) is 5.52. The van der Waals surface area contributed by atoms with E-state index in [0.29, 0.717) is 6.61 Å². The molecule has 0 radical (unpaired) electrons. The van der Waals surface area contributed by atoms with Crippen molar-refractivity contribution in [2.24, 2.45) is 0 Å². The molecule has 0 unspecified atom stereocenters. The minimum Gasteiger partial charge on any atom is -0.491 e. The average molecular weight is 467 g/mol. The van der Waals surface area contributed by atoms with Crippen molar-refractivity contribution in [3.63, 3.8) is 0 Å². The highest BCUT2D eigenvalue weighted by molar-refractivity contribution is 5.97. The number of benzene rings is 1. The van der Waals surface area contributed by atoms with E-state index in [-0.39, 0.29) is 6.17 Å². The number of fused-ring (bicyclic) bond motifs is 2. The molecule has 1 saturated heterocycles. The first-order chi connectivity index (χ1) is 17.6. The third kappa shape index (κ3) is 4.45. The quantitative estimate of drug-likeness (QED) is 0.378. The molecule has 5 aromatic rings. The zero-order chi connectivity index (χ0) is 24.5. The molecule has 0 saturated carbocycles. The molecule has 8 heteroatoms. The molecular weight excluding hydrogens is 438 g/mol. The van der Waals surface area contributed by atoms with E-state index in [4.69, 9.17) is 11.1 Å². The van der Waals surface area contributed by atoms with Crippen molar-refractivity contribution in [1.29, 1.82) is 0 Å². The molecule has 0 spiro atoms. The maximum atomic E-state index is 7.80. The van der Waals surface area contributed by atoms with E-state index < -0.39 is 0 Å². The Bertz CT molecular complexity index is 1510. The van der Waals surface area contributed by atoms with Crippen LogP contribution in [0.2, 0.25) is 0 Å². The van der Waals surface area contributed by atoms with E-state index in [2.05, 4.69) is 31.9 Å². The van der Waals surface area contributed by atoms with Gasteiger partial charge < -0.3 is 9.64 Å². The smallest absolute Gasteiger partial charge is 0.162 e. The van der Waals surface area contributed by atoms with Gasteiger partial charge in [0, 0.05) is 67.8 Å². The van der Waals surface area contributed by atoms with Crippen LogP contribution in [0.3, 0.4) is 0 Å². The number of hydrogen-bond acceptors (Lipinski definition) is 7. The second-order valence-corrected chi connectivity index (χ2v) is 8.85. The Morgan fingerprint density at radius 2 is 1.83 bits per heavy atom. The van der Waals surface area contributed by atoms with Crippen LogP contribution in [0.1, 0.15) is 1.37 Å². The molecular formula is C27H27N7O. The number of aromatic nitrogens is 5. The summed E-state index contributed by atoms with van der Waals surface area (Å²) in [4.78, 5) is 18.4. The van der Waals surface area contributed by atoms with Crippen LogP contribution in [-0.4, -0.2) is 80.7 Å². The highest BCUT2D eigenvalue weighted by Gasteiger charge is 2.14. The minimum absolute atomic E-state index is 0.251. The lowest BCUT2D eigenvalue weighted by atomic mass is 10.0. The van der Waals surface area contributed by atoms with E-state index in [1.165, 1.54) is 0 Å². The SMILES string of the molecule is [2H]c1ccc2c(-c3cnn4cc(-c5ccc(OCCN6CCN(C)CC6)cn5)cnc34)cccc2n1. The van der Waals surface area contributed by atoms with Crippen molar-refractivity contribution in [3.05, 3.63) is 73.4 Å². The summed E-state index contributed by atoms with van der Waals surface area (Å²) in [6.45, 7) is 5.98. The molecule has 8 nitrogen and oxygen atoms in total. The van der Waals surface area contributed by atoms with Gasteiger partial charge in [0.25, 0.3) is 0 Å². The Labute approximate surface area is 205 Å². The molecule has 0 N–H and O–H groups in total. The van der Waals surface area contributed by atoms with Gasteiger partial charge >= 0.3 is 0 Å². The van der Waals surface area contributed by atoms with E-state index in [1.807, 2.05) is 55.0 Å². The van der Waals surface area contributed by atoms with Crippen LogP contribution in [-0.2, 0) is 0 Å². The summed E-state index contributed by atoms with van der Waals surface area (Å²) in [7, 11) is 2.16. The van der Waals surface area contributed by atoms with Crippen LogP contribution >= 0.6 is 0 Å². The van der Waals surface area contributed by atoms with E-state index in [9.17, 15) is 0 Å². The summed E-state index contributed by atoms with van der Waals surface area (Å²) < 4.78 is 15.5. The molecule has 1 aliphatic rings. The van der Waals surface area contributed by atoms with E-state index >= 15 is 0 Å². The van der Waals surface area contributed by atoms with E-state index in [1.54, 1.807) is 16.8 Å². The third-order valence-corrected chi connectivity index (χ3v) is 6.54. The lowest BCUT2D eigenvalue weighted by Gasteiger charge is -2.32. The molecule has 0 aliphatic carbocycles. The molecule has 176 valence electrons. The first kappa shape index (κ1) is 20.5. The van der Waals surface area contributed by atoms with Crippen molar-refractivity contribution in [2.45, 2.75) is 0 Å². The van der Waals surface area contributed by atoms with Crippen molar-refractivity contribution >= 4 is 16.6 Å². The second kappa shape index (κ2) is 9.40. The van der Waals surface area contributed by atoms with Gasteiger partial charge in [0.2, 0.25) is 0 Å². The summed E-state index contributed by atoms with van der Waals surface area (Å²) in [6.07, 6.45) is 7.60. The topological polar surface area (TPSA) is 71.7 Å².